The van der Waals surface area contributed by atoms with Crippen LogP contribution in [0.5, 0.6) is 0 Å². The maximum absolute atomic E-state index is 4.93. The summed E-state index contributed by atoms with van der Waals surface area (Å²) in [4.78, 5) is 0. The lowest BCUT2D eigenvalue weighted by Gasteiger charge is -2.07. The molecular formula is C39H26N2. The number of rotatable bonds is 4. The van der Waals surface area contributed by atoms with Crippen molar-refractivity contribution in [3.05, 3.63) is 179 Å². The molecule has 1 heterocycles. The molecule has 0 amide bonds. The third-order valence-corrected chi connectivity index (χ3v) is 6.52. The van der Waals surface area contributed by atoms with Crippen molar-refractivity contribution in [1.29, 1.82) is 0 Å². The molecule has 2 nitrogen and oxygen atoms in total. The van der Waals surface area contributed by atoms with Crippen LogP contribution in [0.3, 0.4) is 0 Å². The Morgan fingerprint density at radius 1 is 0.463 bits per heavy atom. The maximum atomic E-state index is 4.93. The summed E-state index contributed by atoms with van der Waals surface area (Å²) in [7, 11) is 0. The quantitative estimate of drug-likeness (QED) is 0.212. The first-order valence-corrected chi connectivity index (χ1v) is 13.5. The van der Waals surface area contributed by atoms with Crippen LogP contribution in [0.2, 0.25) is 0 Å². The van der Waals surface area contributed by atoms with E-state index in [9.17, 15) is 0 Å². The molecule has 6 rings (SSSR count). The van der Waals surface area contributed by atoms with E-state index >= 15 is 0 Å². The van der Waals surface area contributed by atoms with E-state index in [1.54, 1.807) is 0 Å². The van der Waals surface area contributed by atoms with Crippen LogP contribution in [0.1, 0.15) is 33.5 Å². The van der Waals surface area contributed by atoms with Crippen molar-refractivity contribution in [2.45, 2.75) is 0 Å². The van der Waals surface area contributed by atoms with Crippen molar-refractivity contribution in [2.75, 3.05) is 0 Å². The lowest BCUT2D eigenvalue weighted by atomic mass is 10.1. The molecule has 0 radical (unpaired) electrons. The summed E-state index contributed by atoms with van der Waals surface area (Å²) in [6.07, 6.45) is 4.13. The van der Waals surface area contributed by atoms with Crippen LogP contribution in [0.25, 0.3) is 29.1 Å². The highest BCUT2D eigenvalue weighted by atomic mass is 15.3. The maximum Gasteiger partial charge on any atom is 0.0862 e. The molecule has 0 aliphatic carbocycles. The molecule has 1 aromatic heterocycles. The largest absolute Gasteiger partial charge is 0.233 e. The molecule has 0 atom stereocenters. The lowest BCUT2D eigenvalue weighted by Crippen LogP contribution is -1.98. The second-order valence-corrected chi connectivity index (χ2v) is 9.47. The molecule has 0 unspecified atom stereocenters. The van der Waals surface area contributed by atoms with Gasteiger partial charge in [-0.15, -0.1) is 0 Å². The second kappa shape index (κ2) is 12.4. The van der Waals surface area contributed by atoms with Crippen molar-refractivity contribution < 1.29 is 0 Å². The SMILES string of the molecule is C(#Cc1ccc(C=Cc2cc(-c3ccc(C#Cc4ccccc4)cc3)n(-c3ccccc3)n2)cc1)c1ccccc1. The average molecular weight is 523 g/mol. The Labute approximate surface area is 241 Å². The zero-order valence-electron chi connectivity index (χ0n) is 22.4. The van der Waals surface area contributed by atoms with Gasteiger partial charge in [0.1, 0.15) is 0 Å². The van der Waals surface area contributed by atoms with E-state index in [2.05, 4.69) is 84.4 Å². The van der Waals surface area contributed by atoms with Crippen LogP contribution in [-0.4, -0.2) is 9.78 Å². The topological polar surface area (TPSA) is 17.8 Å². The van der Waals surface area contributed by atoms with Gasteiger partial charge in [0.25, 0.3) is 0 Å². The zero-order valence-corrected chi connectivity index (χ0v) is 22.4. The van der Waals surface area contributed by atoms with Crippen molar-refractivity contribution in [3.63, 3.8) is 0 Å². The molecule has 0 saturated carbocycles. The van der Waals surface area contributed by atoms with Gasteiger partial charge in [-0.1, -0.05) is 109 Å². The minimum absolute atomic E-state index is 0.879. The smallest absolute Gasteiger partial charge is 0.0862 e. The number of aromatic nitrogens is 2. The number of benzene rings is 5. The Morgan fingerprint density at radius 3 is 1.46 bits per heavy atom. The van der Waals surface area contributed by atoms with Crippen molar-refractivity contribution in [2.24, 2.45) is 0 Å². The number of hydrogen-bond acceptors (Lipinski definition) is 1. The predicted molar refractivity (Wildman–Crippen MR) is 169 cm³/mol. The summed E-state index contributed by atoms with van der Waals surface area (Å²) in [6, 6.07) is 49.0. The summed E-state index contributed by atoms with van der Waals surface area (Å²) in [5, 5.41) is 4.93. The Morgan fingerprint density at radius 2 is 0.927 bits per heavy atom. The van der Waals surface area contributed by atoms with E-state index in [1.807, 2.05) is 102 Å². The third kappa shape index (κ3) is 6.61. The molecule has 0 saturated heterocycles. The Bertz CT molecular complexity index is 1890. The van der Waals surface area contributed by atoms with Crippen LogP contribution >= 0.6 is 0 Å². The van der Waals surface area contributed by atoms with E-state index in [0.717, 1.165) is 50.5 Å². The van der Waals surface area contributed by atoms with Gasteiger partial charge in [0.05, 0.1) is 17.1 Å². The molecule has 0 aliphatic rings. The molecule has 2 heteroatoms. The first-order chi connectivity index (χ1) is 20.3. The molecule has 0 fully saturated rings. The monoisotopic (exact) mass is 522 g/mol. The lowest BCUT2D eigenvalue weighted by molar-refractivity contribution is 0.883. The van der Waals surface area contributed by atoms with Gasteiger partial charge in [0, 0.05) is 27.8 Å². The molecule has 0 aliphatic heterocycles. The van der Waals surface area contributed by atoms with E-state index in [1.165, 1.54) is 0 Å². The van der Waals surface area contributed by atoms with Gasteiger partial charge < -0.3 is 0 Å². The summed E-state index contributed by atoms with van der Waals surface area (Å²) in [5.41, 5.74) is 9.05. The molecule has 6 aromatic rings. The predicted octanol–water partition coefficient (Wildman–Crippen LogP) is 8.51. The highest BCUT2D eigenvalue weighted by Crippen LogP contribution is 2.25. The molecule has 0 bridgehead atoms. The van der Waals surface area contributed by atoms with E-state index in [-0.39, 0.29) is 0 Å². The van der Waals surface area contributed by atoms with E-state index in [0.29, 0.717) is 0 Å². The van der Waals surface area contributed by atoms with Crippen LogP contribution in [0.4, 0.5) is 0 Å². The Balaban J connectivity index is 1.24. The van der Waals surface area contributed by atoms with Gasteiger partial charge in [0.2, 0.25) is 0 Å². The Hall–Kier alpha value is -5.83. The van der Waals surface area contributed by atoms with Crippen molar-refractivity contribution >= 4 is 12.2 Å². The van der Waals surface area contributed by atoms with Crippen molar-refractivity contribution in [3.8, 4) is 40.6 Å². The van der Waals surface area contributed by atoms with Crippen LogP contribution in [-0.2, 0) is 0 Å². The summed E-state index contributed by atoms with van der Waals surface area (Å²) >= 11 is 0. The van der Waals surface area contributed by atoms with Gasteiger partial charge in [-0.25, -0.2) is 4.68 Å². The minimum Gasteiger partial charge on any atom is -0.233 e. The van der Waals surface area contributed by atoms with Gasteiger partial charge in [0.15, 0.2) is 0 Å². The average Bonchev–Trinajstić information content (AvgIpc) is 3.48. The van der Waals surface area contributed by atoms with Crippen molar-refractivity contribution in [1.82, 2.24) is 9.78 Å². The normalized spacial score (nSPS) is 10.4. The van der Waals surface area contributed by atoms with Gasteiger partial charge >= 0.3 is 0 Å². The van der Waals surface area contributed by atoms with Crippen LogP contribution in [0, 0.1) is 23.7 Å². The summed E-state index contributed by atoms with van der Waals surface area (Å²) in [5.74, 6) is 12.9. The molecule has 192 valence electrons. The number of para-hydroxylation sites is 1. The number of nitrogens with zero attached hydrogens (tertiary/aromatic N) is 2. The molecule has 0 N–H and O–H groups in total. The first kappa shape index (κ1) is 25.4. The standard InChI is InChI=1S/C39H26N2/c1-4-10-31(11-5-1)16-18-33-20-22-34(23-21-33)26-29-37-30-39(41(40-37)38-14-8-3-9-15-38)36-27-24-35(25-28-36)19-17-32-12-6-2-7-13-32/h1-15,20-30H. The highest BCUT2D eigenvalue weighted by Gasteiger charge is 2.10. The molecular weight excluding hydrogens is 496 g/mol. The van der Waals surface area contributed by atoms with E-state index in [4.69, 9.17) is 5.10 Å². The minimum atomic E-state index is 0.879. The number of hydrogen-bond donors (Lipinski definition) is 0. The third-order valence-electron chi connectivity index (χ3n) is 6.52. The first-order valence-electron chi connectivity index (χ1n) is 13.5. The molecule has 5 aromatic carbocycles. The highest BCUT2D eigenvalue weighted by molar-refractivity contribution is 5.72. The van der Waals surface area contributed by atoms with Crippen LogP contribution in [0.15, 0.2) is 146 Å². The van der Waals surface area contributed by atoms with Gasteiger partial charge in [-0.2, -0.15) is 5.10 Å². The van der Waals surface area contributed by atoms with Gasteiger partial charge in [-0.3, -0.25) is 0 Å². The second-order valence-electron chi connectivity index (χ2n) is 9.47. The molecule has 0 spiro atoms. The summed E-state index contributed by atoms with van der Waals surface area (Å²) < 4.78 is 1.99. The fourth-order valence-corrected chi connectivity index (χ4v) is 4.37. The fourth-order valence-electron chi connectivity index (χ4n) is 4.37. The fraction of sp³-hybridized carbons (Fsp3) is 0. The zero-order chi connectivity index (χ0) is 27.7. The van der Waals surface area contributed by atoms with E-state index < -0.39 is 0 Å². The molecule has 41 heavy (non-hydrogen) atoms. The Kier molecular flexibility index (Phi) is 7.67. The van der Waals surface area contributed by atoms with Crippen LogP contribution < -0.4 is 0 Å². The van der Waals surface area contributed by atoms with Gasteiger partial charge in [-0.05, 0) is 78.4 Å². The summed E-state index contributed by atoms with van der Waals surface area (Å²) in [6.45, 7) is 0.